The summed E-state index contributed by atoms with van der Waals surface area (Å²) in [6.07, 6.45) is 7.35. The molecule has 0 bridgehead atoms. The quantitative estimate of drug-likeness (QED) is 0.568. The van der Waals surface area contributed by atoms with Crippen LogP contribution in [-0.4, -0.2) is 11.2 Å². The van der Waals surface area contributed by atoms with Crippen LogP contribution < -0.4 is 0 Å². The van der Waals surface area contributed by atoms with Crippen LogP contribution in [0.15, 0.2) is 0 Å². The van der Waals surface area contributed by atoms with E-state index in [1.807, 2.05) is 6.92 Å². The number of rotatable bonds is 6. The van der Waals surface area contributed by atoms with Gasteiger partial charge in [-0.15, -0.1) is 0 Å². The van der Waals surface area contributed by atoms with Crippen LogP contribution >= 0.6 is 0 Å². The highest BCUT2D eigenvalue weighted by Gasteiger charge is 1.93. The van der Waals surface area contributed by atoms with E-state index in [0.717, 1.165) is 6.42 Å². The number of aliphatic hydroxyl groups is 1. The van der Waals surface area contributed by atoms with E-state index in [2.05, 4.69) is 6.92 Å². The molecule has 0 unspecified atom stereocenters. The van der Waals surface area contributed by atoms with Crippen LogP contribution in [0.5, 0.6) is 0 Å². The highest BCUT2D eigenvalue weighted by Crippen LogP contribution is 2.06. The Morgan fingerprint density at radius 1 is 1.10 bits per heavy atom. The zero-order chi connectivity index (χ0) is 7.82. The van der Waals surface area contributed by atoms with Gasteiger partial charge in [0.15, 0.2) is 0 Å². The van der Waals surface area contributed by atoms with Gasteiger partial charge in [-0.05, 0) is 13.3 Å². The summed E-state index contributed by atoms with van der Waals surface area (Å²) < 4.78 is 0. The Bertz CT molecular complexity index is 59.7. The number of aliphatic hydroxyl groups excluding tert-OH is 1. The van der Waals surface area contributed by atoms with Crippen molar-refractivity contribution in [3.05, 3.63) is 0 Å². The summed E-state index contributed by atoms with van der Waals surface area (Å²) >= 11 is 0. The normalized spacial score (nSPS) is 13.5. The molecular weight excluding hydrogens is 124 g/mol. The lowest BCUT2D eigenvalue weighted by Gasteiger charge is -2.02. The van der Waals surface area contributed by atoms with Crippen LogP contribution in [0, 0.1) is 0 Å². The van der Waals surface area contributed by atoms with E-state index in [1.165, 1.54) is 32.1 Å². The largest absolute Gasteiger partial charge is 0.393 e. The van der Waals surface area contributed by atoms with Crippen molar-refractivity contribution >= 4 is 0 Å². The summed E-state index contributed by atoms with van der Waals surface area (Å²) in [6, 6.07) is 0. The van der Waals surface area contributed by atoms with Crippen molar-refractivity contribution in [2.45, 2.75) is 58.5 Å². The van der Waals surface area contributed by atoms with Gasteiger partial charge in [-0.1, -0.05) is 39.0 Å². The third-order valence-electron chi connectivity index (χ3n) is 1.73. The van der Waals surface area contributed by atoms with Crippen molar-refractivity contribution in [2.24, 2.45) is 0 Å². The Balaban J connectivity index is 2.77. The Labute approximate surface area is 64.5 Å². The van der Waals surface area contributed by atoms with Crippen LogP contribution in [0.2, 0.25) is 0 Å². The van der Waals surface area contributed by atoms with E-state index < -0.39 is 0 Å². The van der Waals surface area contributed by atoms with Crippen LogP contribution in [0.3, 0.4) is 0 Å². The van der Waals surface area contributed by atoms with Gasteiger partial charge < -0.3 is 5.11 Å². The highest BCUT2D eigenvalue weighted by molar-refractivity contribution is 4.48. The first-order valence-electron chi connectivity index (χ1n) is 4.45. The minimum absolute atomic E-state index is 0.0957. The van der Waals surface area contributed by atoms with Crippen molar-refractivity contribution in [1.29, 1.82) is 0 Å². The fraction of sp³-hybridized carbons (Fsp3) is 1.00. The topological polar surface area (TPSA) is 20.2 Å². The van der Waals surface area contributed by atoms with Gasteiger partial charge in [0.2, 0.25) is 0 Å². The predicted molar refractivity (Wildman–Crippen MR) is 45.1 cm³/mol. The molecule has 1 atom stereocenters. The Kier molecular flexibility index (Phi) is 7.04. The second-order valence-electron chi connectivity index (χ2n) is 3.05. The van der Waals surface area contributed by atoms with E-state index in [4.69, 9.17) is 5.11 Å². The maximum absolute atomic E-state index is 8.91. The molecule has 1 N–H and O–H groups in total. The van der Waals surface area contributed by atoms with Crippen molar-refractivity contribution in [2.75, 3.05) is 0 Å². The Morgan fingerprint density at radius 3 is 2.20 bits per heavy atom. The fourth-order valence-corrected chi connectivity index (χ4v) is 1.04. The van der Waals surface area contributed by atoms with E-state index in [1.54, 1.807) is 0 Å². The molecule has 62 valence electrons. The van der Waals surface area contributed by atoms with Gasteiger partial charge in [0.1, 0.15) is 0 Å². The van der Waals surface area contributed by atoms with Crippen molar-refractivity contribution < 1.29 is 5.11 Å². The summed E-state index contributed by atoms with van der Waals surface area (Å²) in [7, 11) is 0. The third-order valence-corrected chi connectivity index (χ3v) is 1.73. The maximum Gasteiger partial charge on any atom is 0.0512 e. The lowest BCUT2D eigenvalue weighted by Crippen LogP contribution is -1.97. The Hall–Kier alpha value is -0.0400. The van der Waals surface area contributed by atoms with Crippen molar-refractivity contribution in [3.63, 3.8) is 0 Å². The van der Waals surface area contributed by atoms with Gasteiger partial charge in [-0.2, -0.15) is 0 Å². The molecule has 0 amide bonds. The maximum atomic E-state index is 8.91. The molecule has 0 heterocycles. The molecule has 0 aliphatic heterocycles. The first kappa shape index (κ1) is 9.96. The van der Waals surface area contributed by atoms with Crippen LogP contribution in [0.1, 0.15) is 52.4 Å². The average Bonchev–Trinajstić information content (AvgIpc) is 1.87. The van der Waals surface area contributed by atoms with Crippen LogP contribution in [-0.2, 0) is 0 Å². The van der Waals surface area contributed by atoms with E-state index in [9.17, 15) is 0 Å². The smallest absolute Gasteiger partial charge is 0.0512 e. The predicted octanol–water partition coefficient (Wildman–Crippen LogP) is 2.73. The van der Waals surface area contributed by atoms with E-state index in [0.29, 0.717) is 0 Å². The van der Waals surface area contributed by atoms with E-state index >= 15 is 0 Å². The Morgan fingerprint density at radius 2 is 1.70 bits per heavy atom. The molecule has 0 saturated carbocycles. The number of hydrogen-bond acceptors (Lipinski definition) is 1. The van der Waals surface area contributed by atoms with Gasteiger partial charge in [-0.25, -0.2) is 0 Å². The molecule has 0 spiro atoms. The first-order chi connectivity index (χ1) is 4.77. The monoisotopic (exact) mass is 144 g/mol. The minimum atomic E-state index is -0.0957. The summed E-state index contributed by atoms with van der Waals surface area (Å²) in [5, 5.41) is 8.91. The summed E-state index contributed by atoms with van der Waals surface area (Å²) in [6.45, 7) is 4.08. The van der Waals surface area contributed by atoms with Crippen LogP contribution in [0.25, 0.3) is 0 Å². The number of unbranched alkanes of at least 4 members (excludes halogenated alkanes) is 4. The molecular formula is C9H20O. The molecule has 0 fully saturated rings. The molecule has 0 aromatic heterocycles. The zero-order valence-electron chi connectivity index (χ0n) is 7.27. The second-order valence-corrected chi connectivity index (χ2v) is 3.05. The molecule has 10 heavy (non-hydrogen) atoms. The van der Waals surface area contributed by atoms with Gasteiger partial charge in [0.25, 0.3) is 0 Å². The lowest BCUT2D eigenvalue weighted by molar-refractivity contribution is 0.180. The highest BCUT2D eigenvalue weighted by atomic mass is 16.3. The van der Waals surface area contributed by atoms with Gasteiger partial charge >= 0.3 is 0 Å². The first-order valence-corrected chi connectivity index (χ1v) is 4.45. The molecule has 0 rings (SSSR count). The molecule has 0 saturated heterocycles. The number of hydrogen-bond donors (Lipinski definition) is 1. The van der Waals surface area contributed by atoms with Crippen molar-refractivity contribution in [1.82, 2.24) is 0 Å². The summed E-state index contributed by atoms with van der Waals surface area (Å²) in [4.78, 5) is 0. The van der Waals surface area contributed by atoms with Gasteiger partial charge in [0, 0.05) is 0 Å². The lowest BCUT2D eigenvalue weighted by atomic mass is 10.1. The standard InChI is InChI=1S/C9H20O/c1-3-4-5-6-7-8-9(2)10/h9-10H,3-8H2,1-2H3/t9-/m1/s1. The molecule has 0 radical (unpaired) electrons. The van der Waals surface area contributed by atoms with Crippen LogP contribution in [0.4, 0.5) is 0 Å². The minimum Gasteiger partial charge on any atom is -0.393 e. The SMILES string of the molecule is CCCCCCC[C@@H](C)O. The molecule has 0 aromatic rings. The molecule has 0 aliphatic carbocycles. The van der Waals surface area contributed by atoms with Gasteiger partial charge in [0.05, 0.1) is 6.10 Å². The zero-order valence-corrected chi connectivity index (χ0v) is 7.27. The summed E-state index contributed by atoms with van der Waals surface area (Å²) in [5.41, 5.74) is 0. The average molecular weight is 144 g/mol. The summed E-state index contributed by atoms with van der Waals surface area (Å²) in [5.74, 6) is 0. The third kappa shape index (κ3) is 7.96. The van der Waals surface area contributed by atoms with E-state index in [-0.39, 0.29) is 6.10 Å². The fourth-order valence-electron chi connectivity index (χ4n) is 1.04. The molecule has 1 heteroatoms. The van der Waals surface area contributed by atoms with Crippen molar-refractivity contribution in [3.8, 4) is 0 Å². The second kappa shape index (κ2) is 7.07. The molecule has 1 nitrogen and oxygen atoms in total. The molecule has 0 aliphatic rings. The van der Waals surface area contributed by atoms with Gasteiger partial charge in [-0.3, -0.25) is 0 Å². The molecule has 0 aromatic carbocycles.